The molecule has 128 valence electrons. The molecule has 1 rings (SSSR count). The normalized spacial score (nSPS) is 18.1. The summed E-state index contributed by atoms with van der Waals surface area (Å²) in [5, 5.41) is 0. The Hall–Kier alpha value is -1.06. The summed E-state index contributed by atoms with van der Waals surface area (Å²) in [7, 11) is 0. The predicted octanol–water partition coefficient (Wildman–Crippen LogP) is 4.26. The van der Waals surface area contributed by atoms with Gasteiger partial charge in [-0.15, -0.1) is 0 Å². The number of hydrogen-bond acceptors (Lipinski definition) is 4. The van der Waals surface area contributed by atoms with Crippen molar-refractivity contribution in [3.63, 3.8) is 0 Å². The standard InChI is InChI=1S/C18H32O4/c1-7-17(5,6)15(20)21-13-10-14(19)22-18(16(2,3)4)11-8-9-12-18/h7-13H2,1-6H3. The molecule has 0 unspecified atom stereocenters. The van der Waals surface area contributed by atoms with Gasteiger partial charge in [0, 0.05) is 5.41 Å². The van der Waals surface area contributed by atoms with E-state index in [-0.39, 0.29) is 36.0 Å². The molecule has 22 heavy (non-hydrogen) atoms. The number of rotatable bonds is 6. The van der Waals surface area contributed by atoms with Crippen LogP contribution in [0.15, 0.2) is 0 Å². The van der Waals surface area contributed by atoms with Crippen molar-refractivity contribution in [1.29, 1.82) is 0 Å². The Labute approximate surface area is 134 Å². The molecule has 0 N–H and O–H groups in total. The lowest BCUT2D eigenvalue weighted by Gasteiger charge is -2.41. The Morgan fingerprint density at radius 1 is 1.05 bits per heavy atom. The fourth-order valence-corrected chi connectivity index (χ4v) is 2.79. The van der Waals surface area contributed by atoms with Gasteiger partial charge < -0.3 is 9.47 Å². The maximum absolute atomic E-state index is 12.1. The van der Waals surface area contributed by atoms with Crippen LogP contribution in [0.2, 0.25) is 0 Å². The van der Waals surface area contributed by atoms with Crippen LogP contribution in [0, 0.1) is 10.8 Å². The van der Waals surface area contributed by atoms with E-state index in [2.05, 4.69) is 20.8 Å². The third-order valence-electron chi connectivity index (χ3n) is 5.06. The zero-order valence-electron chi connectivity index (χ0n) is 15.1. The molecule has 0 saturated heterocycles. The van der Waals surface area contributed by atoms with Crippen LogP contribution in [0.5, 0.6) is 0 Å². The van der Waals surface area contributed by atoms with Crippen molar-refractivity contribution in [2.24, 2.45) is 10.8 Å². The first-order valence-corrected chi connectivity index (χ1v) is 8.43. The largest absolute Gasteiger partial charge is 0.465 e. The lowest BCUT2D eigenvalue weighted by atomic mass is 9.75. The van der Waals surface area contributed by atoms with Crippen LogP contribution in [0.25, 0.3) is 0 Å². The summed E-state index contributed by atoms with van der Waals surface area (Å²) < 4.78 is 11.0. The van der Waals surface area contributed by atoms with Crippen LogP contribution in [-0.2, 0) is 19.1 Å². The highest BCUT2D eigenvalue weighted by atomic mass is 16.6. The van der Waals surface area contributed by atoms with E-state index in [0.29, 0.717) is 6.42 Å². The summed E-state index contributed by atoms with van der Waals surface area (Å²) in [6, 6.07) is 0. The van der Waals surface area contributed by atoms with Crippen molar-refractivity contribution in [2.45, 2.75) is 85.7 Å². The van der Waals surface area contributed by atoms with Crippen molar-refractivity contribution >= 4 is 11.9 Å². The van der Waals surface area contributed by atoms with E-state index in [1.807, 2.05) is 20.8 Å². The number of carbonyl (C=O) groups is 2. The Kier molecular flexibility index (Phi) is 6.05. The third-order valence-corrected chi connectivity index (χ3v) is 5.06. The first kappa shape index (κ1) is 19.0. The van der Waals surface area contributed by atoms with Crippen LogP contribution < -0.4 is 0 Å². The molecule has 0 spiro atoms. The van der Waals surface area contributed by atoms with E-state index >= 15 is 0 Å². The van der Waals surface area contributed by atoms with E-state index in [9.17, 15) is 9.59 Å². The zero-order chi connectivity index (χ0) is 17.0. The molecular formula is C18H32O4. The van der Waals surface area contributed by atoms with Gasteiger partial charge in [0.05, 0.1) is 11.8 Å². The van der Waals surface area contributed by atoms with Crippen LogP contribution in [0.4, 0.5) is 0 Å². The van der Waals surface area contributed by atoms with E-state index in [1.54, 1.807) is 0 Å². The Morgan fingerprint density at radius 3 is 2.05 bits per heavy atom. The molecule has 1 saturated carbocycles. The molecule has 4 heteroatoms. The third kappa shape index (κ3) is 4.47. The van der Waals surface area contributed by atoms with Gasteiger partial charge in [-0.3, -0.25) is 9.59 Å². The summed E-state index contributed by atoms with van der Waals surface area (Å²) in [6.07, 6.45) is 4.89. The number of ether oxygens (including phenoxy) is 2. The Morgan fingerprint density at radius 2 is 1.59 bits per heavy atom. The summed E-state index contributed by atoms with van der Waals surface area (Å²) in [4.78, 5) is 24.0. The molecule has 0 aromatic carbocycles. The summed E-state index contributed by atoms with van der Waals surface area (Å²) in [6.45, 7) is 12.1. The maximum atomic E-state index is 12.1. The summed E-state index contributed by atoms with van der Waals surface area (Å²) >= 11 is 0. The minimum atomic E-state index is -0.498. The highest BCUT2D eigenvalue weighted by Gasteiger charge is 2.47. The fraction of sp³-hybridized carbons (Fsp3) is 0.889. The maximum Gasteiger partial charge on any atom is 0.311 e. The van der Waals surface area contributed by atoms with Gasteiger partial charge in [-0.25, -0.2) is 0 Å². The minimum absolute atomic E-state index is 0.0694. The number of carbonyl (C=O) groups excluding carboxylic acids is 2. The molecular weight excluding hydrogens is 280 g/mol. The Bertz CT molecular complexity index is 398. The highest BCUT2D eigenvalue weighted by Crippen LogP contribution is 2.46. The summed E-state index contributed by atoms with van der Waals surface area (Å²) in [5.41, 5.74) is -0.932. The molecule has 1 aliphatic carbocycles. The van der Waals surface area contributed by atoms with Crippen molar-refractivity contribution in [3.05, 3.63) is 0 Å². The molecule has 0 aliphatic heterocycles. The van der Waals surface area contributed by atoms with Crippen LogP contribution in [-0.4, -0.2) is 24.1 Å². The highest BCUT2D eigenvalue weighted by molar-refractivity contribution is 5.76. The smallest absolute Gasteiger partial charge is 0.311 e. The van der Waals surface area contributed by atoms with Gasteiger partial charge in [-0.1, -0.05) is 27.7 Å². The van der Waals surface area contributed by atoms with Gasteiger partial charge >= 0.3 is 11.9 Å². The van der Waals surface area contributed by atoms with Crippen LogP contribution in [0.1, 0.15) is 80.1 Å². The SMILES string of the molecule is CCC(C)(C)C(=O)OCCC(=O)OC1(C(C)(C)C)CCCC1. The molecule has 0 radical (unpaired) electrons. The molecule has 0 heterocycles. The molecule has 0 aromatic heterocycles. The molecule has 1 aliphatic rings. The lowest BCUT2D eigenvalue weighted by molar-refractivity contribution is -0.174. The zero-order valence-corrected chi connectivity index (χ0v) is 15.1. The second kappa shape index (κ2) is 7.01. The van der Waals surface area contributed by atoms with Gasteiger partial charge in [0.2, 0.25) is 0 Å². The van der Waals surface area contributed by atoms with Gasteiger partial charge in [-0.05, 0) is 46.0 Å². The van der Waals surface area contributed by atoms with Crippen molar-refractivity contribution in [3.8, 4) is 0 Å². The second-order valence-electron chi connectivity index (χ2n) is 8.05. The first-order chi connectivity index (χ1) is 10.0. The van der Waals surface area contributed by atoms with E-state index in [0.717, 1.165) is 25.7 Å². The predicted molar refractivity (Wildman–Crippen MR) is 86.4 cm³/mol. The average molecular weight is 312 g/mol. The van der Waals surface area contributed by atoms with Crippen molar-refractivity contribution < 1.29 is 19.1 Å². The Balaban J connectivity index is 2.48. The van der Waals surface area contributed by atoms with E-state index < -0.39 is 5.41 Å². The lowest BCUT2D eigenvalue weighted by Crippen LogP contribution is -2.44. The van der Waals surface area contributed by atoms with Gasteiger partial charge in [0.25, 0.3) is 0 Å². The fourth-order valence-electron chi connectivity index (χ4n) is 2.79. The number of esters is 2. The van der Waals surface area contributed by atoms with Crippen LogP contribution >= 0.6 is 0 Å². The molecule has 1 fully saturated rings. The topological polar surface area (TPSA) is 52.6 Å². The van der Waals surface area contributed by atoms with Crippen molar-refractivity contribution in [2.75, 3.05) is 6.61 Å². The van der Waals surface area contributed by atoms with Crippen molar-refractivity contribution in [1.82, 2.24) is 0 Å². The summed E-state index contributed by atoms with van der Waals surface area (Å²) in [5.74, 6) is -0.520. The van der Waals surface area contributed by atoms with E-state index in [1.165, 1.54) is 0 Å². The van der Waals surface area contributed by atoms with Gasteiger partial charge in [0.15, 0.2) is 0 Å². The quantitative estimate of drug-likeness (QED) is 0.688. The molecule has 0 bridgehead atoms. The van der Waals surface area contributed by atoms with Crippen LogP contribution in [0.3, 0.4) is 0 Å². The average Bonchev–Trinajstić information content (AvgIpc) is 2.87. The number of hydrogen-bond donors (Lipinski definition) is 0. The van der Waals surface area contributed by atoms with Gasteiger partial charge in [0.1, 0.15) is 12.2 Å². The molecule has 4 nitrogen and oxygen atoms in total. The monoisotopic (exact) mass is 312 g/mol. The molecule has 0 amide bonds. The van der Waals surface area contributed by atoms with Gasteiger partial charge in [-0.2, -0.15) is 0 Å². The molecule has 0 atom stereocenters. The second-order valence-corrected chi connectivity index (χ2v) is 8.05. The minimum Gasteiger partial charge on any atom is -0.465 e. The van der Waals surface area contributed by atoms with E-state index in [4.69, 9.17) is 9.47 Å². The molecule has 0 aromatic rings. The first-order valence-electron chi connectivity index (χ1n) is 8.43.